The monoisotopic (exact) mass is 256 g/mol. The Morgan fingerprint density at radius 3 is 2.13 bits per heavy atom. The Kier molecular flexibility index (Phi) is 3.53. The fourth-order valence-corrected chi connectivity index (χ4v) is 2.95. The molecule has 0 heterocycles. The van der Waals surface area contributed by atoms with E-state index >= 15 is 0 Å². The van der Waals surface area contributed by atoms with Crippen LogP contribution in [-0.2, 0) is 14.0 Å². The zero-order chi connectivity index (χ0) is 11.5. The molecule has 1 aromatic carbocycles. The summed E-state index contributed by atoms with van der Waals surface area (Å²) in [5.74, 6) is 0. The second-order valence-corrected chi connectivity index (χ2v) is 6.07. The predicted octanol–water partition coefficient (Wildman–Crippen LogP) is 0.262. The second-order valence-electron chi connectivity index (χ2n) is 2.65. The molecule has 0 spiro atoms. The molecule has 0 radical (unpaired) electrons. The third-order valence-corrected chi connectivity index (χ3v) is 4.59. The summed E-state index contributed by atoms with van der Waals surface area (Å²) in [5.41, 5.74) is -5.34. The first-order chi connectivity index (χ1) is 6.83. The SMILES string of the molecule is O=S(=O)(O[SiH2]c1ccccc1)C(F)(F)F. The number of benzene rings is 1. The molecule has 0 saturated heterocycles. The highest BCUT2D eigenvalue weighted by Crippen LogP contribution is 2.23. The molecule has 0 aromatic heterocycles. The van der Waals surface area contributed by atoms with Gasteiger partial charge in [0.1, 0.15) is 0 Å². The van der Waals surface area contributed by atoms with E-state index in [1.54, 1.807) is 18.2 Å². The molecule has 0 bridgehead atoms. The fraction of sp³-hybridized carbons (Fsp3) is 0.143. The van der Waals surface area contributed by atoms with E-state index in [4.69, 9.17) is 0 Å². The first-order valence-corrected chi connectivity index (χ1v) is 6.52. The van der Waals surface area contributed by atoms with Crippen LogP contribution in [0.1, 0.15) is 0 Å². The Hall–Kier alpha value is -0.863. The van der Waals surface area contributed by atoms with E-state index in [-0.39, 0.29) is 0 Å². The Labute approximate surface area is 86.9 Å². The topological polar surface area (TPSA) is 43.4 Å². The van der Waals surface area contributed by atoms with Crippen molar-refractivity contribution in [2.75, 3.05) is 0 Å². The molecule has 1 rings (SSSR count). The second kappa shape index (κ2) is 4.33. The summed E-state index contributed by atoms with van der Waals surface area (Å²) in [5, 5.41) is 0.491. The van der Waals surface area contributed by atoms with Gasteiger partial charge in [0.25, 0.3) is 0 Å². The van der Waals surface area contributed by atoms with Crippen LogP contribution in [0.2, 0.25) is 0 Å². The summed E-state index contributed by atoms with van der Waals surface area (Å²) in [4.78, 5) is 0. The van der Waals surface area contributed by atoms with Crippen molar-refractivity contribution in [3.8, 4) is 0 Å². The average molecular weight is 256 g/mol. The number of rotatable bonds is 3. The molecule has 0 amide bonds. The summed E-state index contributed by atoms with van der Waals surface area (Å²) in [6.07, 6.45) is 0. The minimum atomic E-state index is -5.43. The Morgan fingerprint density at radius 1 is 1.13 bits per heavy atom. The third-order valence-electron chi connectivity index (χ3n) is 1.51. The van der Waals surface area contributed by atoms with Crippen LogP contribution in [0.15, 0.2) is 30.3 Å². The maximum Gasteiger partial charge on any atom is 0.522 e. The maximum atomic E-state index is 11.8. The van der Waals surface area contributed by atoms with E-state index in [2.05, 4.69) is 3.87 Å². The van der Waals surface area contributed by atoms with Gasteiger partial charge < -0.3 is 3.87 Å². The number of halogens is 3. The molecule has 1 aromatic rings. The zero-order valence-corrected chi connectivity index (χ0v) is 9.59. The van der Waals surface area contributed by atoms with E-state index in [1.807, 2.05) is 0 Å². The molecule has 3 nitrogen and oxygen atoms in total. The Bertz CT molecular complexity index is 415. The van der Waals surface area contributed by atoms with Gasteiger partial charge in [0, 0.05) is 0 Å². The smallest absolute Gasteiger partial charge is 0.310 e. The fourth-order valence-electron chi connectivity index (χ4n) is 0.787. The van der Waals surface area contributed by atoms with Gasteiger partial charge in [0.2, 0.25) is 9.76 Å². The van der Waals surface area contributed by atoms with Crippen molar-refractivity contribution in [2.45, 2.75) is 5.51 Å². The number of hydrogen-bond donors (Lipinski definition) is 0. The lowest BCUT2D eigenvalue weighted by Crippen LogP contribution is -2.30. The van der Waals surface area contributed by atoms with Crippen molar-refractivity contribution in [3.63, 3.8) is 0 Å². The summed E-state index contributed by atoms with van der Waals surface area (Å²) < 4.78 is 60.5. The summed E-state index contributed by atoms with van der Waals surface area (Å²) in [6, 6.07) is 7.93. The van der Waals surface area contributed by atoms with Gasteiger partial charge in [-0.15, -0.1) is 0 Å². The van der Waals surface area contributed by atoms with Gasteiger partial charge in [-0.3, -0.25) is 0 Å². The molecule has 0 fully saturated rings. The number of hydrogen-bond acceptors (Lipinski definition) is 3. The van der Waals surface area contributed by atoms with Gasteiger partial charge in [-0.1, -0.05) is 30.3 Å². The third kappa shape index (κ3) is 3.32. The van der Waals surface area contributed by atoms with Crippen LogP contribution < -0.4 is 5.19 Å². The minimum Gasteiger partial charge on any atom is -0.310 e. The molecule has 0 unspecified atom stereocenters. The molecule has 0 N–H and O–H groups in total. The van der Waals surface area contributed by atoms with E-state index < -0.39 is 25.4 Å². The lowest BCUT2D eigenvalue weighted by molar-refractivity contribution is -0.0498. The van der Waals surface area contributed by atoms with Crippen molar-refractivity contribution < 1.29 is 25.5 Å². The van der Waals surface area contributed by atoms with Gasteiger partial charge >= 0.3 is 15.6 Å². The van der Waals surface area contributed by atoms with Crippen LogP contribution in [-0.4, -0.2) is 23.7 Å². The average Bonchev–Trinajstić information content (AvgIpc) is 2.15. The van der Waals surface area contributed by atoms with Gasteiger partial charge in [0.05, 0.1) is 0 Å². The molecule has 0 aliphatic heterocycles. The molecule has 15 heavy (non-hydrogen) atoms. The standard InChI is InChI=1S/C7H7F3O3SSi/c8-7(9,10)14(11,12)13-15-6-4-2-1-3-5-6/h1-5H,15H2. The molecular formula is C7H7F3O3SSi. The zero-order valence-electron chi connectivity index (χ0n) is 7.36. The van der Waals surface area contributed by atoms with Crippen molar-refractivity contribution in [1.29, 1.82) is 0 Å². The van der Waals surface area contributed by atoms with Crippen LogP contribution >= 0.6 is 0 Å². The first-order valence-electron chi connectivity index (χ1n) is 3.82. The van der Waals surface area contributed by atoms with Gasteiger partial charge in [-0.25, -0.2) is 0 Å². The summed E-state index contributed by atoms with van der Waals surface area (Å²) in [7, 11) is -7.34. The molecule has 84 valence electrons. The highest BCUT2D eigenvalue weighted by Gasteiger charge is 2.46. The largest absolute Gasteiger partial charge is 0.522 e. The highest BCUT2D eigenvalue weighted by atomic mass is 32.2. The van der Waals surface area contributed by atoms with Crippen LogP contribution in [0.3, 0.4) is 0 Å². The van der Waals surface area contributed by atoms with Crippen LogP contribution in [0, 0.1) is 0 Å². The van der Waals surface area contributed by atoms with Gasteiger partial charge in [-0.2, -0.15) is 21.6 Å². The molecule has 0 atom stereocenters. The molecule has 0 aliphatic carbocycles. The normalized spacial score (nSPS) is 13.5. The Balaban J connectivity index is 2.67. The quantitative estimate of drug-likeness (QED) is 0.575. The van der Waals surface area contributed by atoms with Crippen LogP contribution in [0.5, 0.6) is 0 Å². The first kappa shape index (κ1) is 12.2. The van der Waals surface area contributed by atoms with Crippen molar-refractivity contribution >= 4 is 25.1 Å². The van der Waals surface area contributed by atoms with Gasteiger partial charge in [-0.05, 0) is 5.19 Å². The van der Waals surface area contributed by atoms with Crippen molar-refractivity contribution in [3.05, 3.63) is 30.3 Å². The lowest BCUT2D eigenvalue weighted by atomic mass is 10.4. The number of alkyl halides is 3. The highest BCUT2D eigenvalue weighted by molar-refractivity contribution is 7.88. The van der Waals surface area contributed by atoms with Crippen molar-refractivity contribution in [1.82, 2.24) is 0 Å². The molecule has 0 aliphatic rings. The molecule has 8 heteroatoms. The Morgan fingerprint density at radius 2 is 1.67 bits per heavy atom. The summed E-state index contributed by atoms with van der Waals surface area (Å²) in [6.45, 7) is 0. The molecular weight excluding hydrogens is 249 g/mol. The van der Waals surface area contributed by atoms with E-state index in [0.717, 1.165) is 0 Å². The van der Waals surface area contributed by atoms with Gasteiger partial charge in [0.15, 0.2) is 0 Å². The minimum absolute atomic E-state index is 0.491. The van der Waals surface area contributed by atoms with Crippen LogP contribution in [0.4, 0.5) is 13.2 Å². The predicted molar refractivity (Wildman–Crippen MR) is 50.7 cm³/mol. The lowest BCUT2D eigenvalue weighted by Gasteiger charge is -2.07. The maximum absolute atomic E-state index is 11.8. The van der Waals surface area contributed by atoms with E-state index in [1.165, 1.54) is 12.1 Å². The summed E-state index contributed by atoms with van der Waals surface area (Å²) >= 11 is 0. The van der Waals surface area contributed by atoms with Crippen molar-refractivity contribution in [2.24, 2.45) is 0 Å². The van der Waals surface area contributed by atoms with E-state index in [9.17, 15) is 21.6 Å². The molecule has 0 saturated carbocycles. The van der Waals surface area contributed by atoms with E-state index in [0.29, 0.717) is 5.19 Å². The van der Waals surface area contributed by atoms with Crippen LogP contribution in [0.25, 0.3) is 0 Å².